The molecular formula is C13H16N2O2. The Morgan fingerprint density at radius 1 is 1.59 bits per heavy atom. The number of rotatable bonds is 4. The number of anilines is 1. The number of carboxylic acids is 1. The number of carboxylic acid groups (broad SMARTS) is 1. The second-order valence-electron chi connectivity index (χ2n) is 4.22. The summed E-state index contributed by atoms with van der Waals surface area (Å²) in [5.74, 6) is -0.971. The maximum atomic E-state index is 10.9. The molecule has 1 N–H and O–H groups in total. The van der Waals surface area contributed by atoms with E-state index in [1.165, 1.54) is 0 Å². The van der Waals surface area contributed by atoms with Crippen molar-refractivity contribution in [2.75, 3.05) is 18.5 Å². The van der Waals surface area contributed by atoms with Crippen LogP contribution in [0.25, 0.3) is 0 Å². The van der Waals surface area contributed by atoms with Crippen LogP contribution in [0.4, 0.5) is 5.69 Å². The quantitative estimate of drug-likeness (QED) is 0.865. The smallest absolute Gasteiger partial charge is 0.335 e. The molecule has 1 atom stereocenters. The maximum absolute atomic E-state index is 10.9. The first-order valence-electron chi connectivity index (χ1n) is 5.40. The highest BCUT2D eigenvalue weighted by Crippen LogP contribution is 2.19. The van der Waals surface area contributed by atoms with Crippen molar-refractivity contribution in [1.29, 1.82) is 5.26 Å². The monoisotopic (exact) mass is 232 g/mol. The van der Waals surface area contributed by atoms with Crippen molar-refractivity contribution in [2.45, 2.75) is 13.8 Å². The lowest BCUT2D eigenvalue weighted by Crippen LogP contribution is -2.23. The molecule has 0 fully saturated rings. The third-order valence-electron chi connectivity index (χ3n) is 2.65. The van der Waals surface area contributed by atoms with Gasteiger partial charge in [-0.25, -0.2) is 4.79 Å². The van der Waals surface area contributed by atoms with Gasteiger partial charge in [0, 0.05) is 19.3 Å². The van der Waals surface area contributed by atoms with Crippen molar-refractivity contribution in [3.05, 3.63) is 29.3 Å². The predicted octanol–water partition coefficient (Wildman–Crippen LogP) is 2.29. The summed E-state index contributed by atoms with van der Waals surface area (Å²) in [4.78, 5) is 12.8. The second kappa shape index (κ2) is 5.35. The Morgan fingerprint density at radius 2 is 2.24 bits per heavy atom. The molecule has 0 saturated carbocycles. The van der Waals surface area contributed by atoms with E-state index in [0.29, 0.717) is 12.1 Å². The lowest BCUT2D eigenvalue weighted by Gasteiger charge is -2.21. The zero-order valence-electron chi connectivity index (χ0n) is 10.3. The van der Waals surface area contributed by atoms with Gasteiger partial charge in [0.05, 0.1) is 17.6 Å². The molecule has 1 aromatic rings. The van der Waals surface area contributed by atoms with E-state index < -0.39 is 5.97 Å². The van der Waals surface area contributed by atoms with Crippen LogP contribution in [0.5, 0.6) is 0 Å². The van der Waals surface area contributed by atoms with E-state index in [0.717, 1.165) is 11.3 Å². The molecule has 17 heavy (non-hydrogen) atoms. The van der Waals surface area contributed by atoms with Gasteiger partial charge in [-0.2, -0.15) is 5.26 Å². The summed E-state index contributed by atoms with van der Waals surface area (Å²) in [6.45, 7) is 4.26. The Balaban J connectivity index is 2.90. The lowest BCUT2D eigenvalue weighted by molar-refractivity contribution is 0.0696. The molecule has 1 unspecified atom stereocenters. The molecule has 0 bridgehead atoms. The van der Waals surface area contributed by atoms with Crippen molar-refractivity contribution in [1.82, 2.24) is 0 Å². The molecule has 1 rings (SSSR count). The molecule has 0 aliphatic heterocycles. The fraction of sp³-hybridized carbons (Fsp3) is 0.385. The fourth-order valence-corrected chi connectivity index (χ4v) is 1.68. The van der Waals surface area contributed by atoms with Crippen LogP contribution in [-0.4, -0.2) is 24.7 Å². The number of aryl methyl sites for hydroxylation is 1. The van der Waals surface area contributed by atoms with Crippen LogP contribution in [0.15, 0.2) is 18.2 Å². The predicted molar refractivity (Wildman–Crippen MR) is 66.2 cm³/mol. The van der Waals surface area contributed by atoms with Crippen molar-refractivity contribution in [3.8, 4) is 6.07 Å². The molecule has 90 valence electrons. The molecule has 0 aliphatic rings. The Morgan fingerprint density at radius 3 is 2.71 bits per heavy atom. The Hall–Kier alpha value is -2.02. The number of hydrogen-bond donors (Lipinski definition) is 1. The molecule has 0 aromatic heterocycles. The van der Waals surface area contributed by atoms with E-state index >= 15 is 0 Å². The van der Waals surface area contributed by atoms with Gasteiger partial charge >= 0.3 is 5.97 Å². The van der Waals surface area contributed by atoms with Crippen LogP contribution in [-0.2, 0) is 0 Å². The highest BCUT2D eigenvalue weighted by Gasteiger charge is 2.10. The zero-order chi connectivity index (χ0) is 13.0. The number of benzene rings is 1. The fourth-order valence-electron chi connectivity index (χ4n) is 1.68. The van der Waals surface area contributed by atoms with E-state index in [9.17, 15) is 4.79 Å². The molecule has 4 heteroatoms. The van der Waals surface area contributed by atoms with E-state index in [2.05, 4.69) is 6.07 Å². The molecule has 0 saturated heterocycles. The average molecular weight is 232 g/mol. The summed E-state index contributed by atoms with van der Waals surface area (Å²) >= 11 is 0. The minimum Gasteiger partial charge on any atom is -0.478 e. The van der Waals surface area contributed by atoms with Gasteiger partial charge in [0.2, 0.25) is 0 Å². The van der Waals surface area contributed by atoms with Gasteiger partial charge in [-0.15, -0.1) is 0 Å². The summed E-state index contributed by atoms with van der Waals surface area (Å²) in [6.07, 6.45) is 0. The first-order chi connectivity index (χ1) is 7.95. The lowest BCUT2D eigenvalue weighted by atomic mass is 10.1. The molecule has 1 aromatic carbocycles. The van der Waals surface area contributed by atoms with E-state index in [4.69, 9.17) is 10.4 Å². The summed E-state index contributed by atoms with van der Waals surface area (Å²) in [5.41, 5.74) is 1.97. The Labute approximate surface area is 101 Å². The number of hydrogen-bond acceptors (Lipinski definition) is 3. The SMILES string of the molecule is Cc1cc(N(C)CC(C)C#N)ccc1C(=O)O. The summed E-state index contributed by atoms with van der Waals surface area (Å²) in [5, 5.41) is 17.7. The topological polar surface area (TPSA) is 64.3 Å². The maximum Gasteiger partial charge on any atom is 0.335 e. The third-order valence-corrected chi connectivity index (χ3v) is 2.65. The Kier molecular flexibility index (Phi) is 4.11. The van der Waals surface area contributed by atoms with Crippen molar-refractivity contribution >= 4 is 11.7 Å². The van der Waals surface area contributed by atoms with Crippen LogP contribution in [0.1, 0.15) is 22.8 Å². The molecule has 0 radical (unpaired) electrons. The van der Waals surface area contributed by atoms with Gasteiger partial charge in [-0.05, 0) is 37.6 Å². The molecule has 0 heterocycles. The van der Waals surface area contributed by atoms with Crippen LogP contribution in [0, 0.1) is 24.2 Å². The average Bonchev–Trinajstić information content (AvgIpc) is 2.28. The molecule has 0 aliphatic carbocycles. The van der Waals surface area contributed by atoms with Crippen LogP contribution >= 0.6 is 0 Å². The van der Waals surface area contributed by atoms with Gasteiger partial charge in [0.1, 0.15) is 0 Å². The Bertz CT molecular complexity index is 463. The summed E-state index contributed by atoms with van der Waals surface area (Å²) < 4.78 is 0. The standard InChI is InChI=1S/C13H16N2O2/c1-9(7-14)8-15(3)11-4-5-12(13(16)17)10(2)6-11/h4-6,9H,8H2,1-3H3,(H,16,17). The number of nitriles is 1. The van der Waals surface area contributed by atoms with E-state index in [1.54, 1.807) is 19.1 Å². The van der Waals surface area contributed by atoms with E-state index in [1.807, 2.05) is 24.9 Å². The second-order valence-corrected chi connectivity index (χ2v) is 4.22. The van der Waals surface area contributed by atoms with Gasteiger partial charge in [0.15, 0.2) is 0 Å². The first kappa shape index (κ1) is 13.0. The minimum atomic E-state index is -0.915. The first-order valence-corrected chi connectivity index (χ1v) is 5.40. The number of nitrogens with zero attached hydrogens (tertiary/aromatic N) is 2. The van der Waals surface area contributed by atoms with Crippen molar-refractivity contribution in [2.24, 2.45) is 5.92 Å². The normalized spacial score (nSPS) is 11.6. The highest BCUT2D eigenvalue weighted by molar-refractivity contribution is 5.89. The van der Waals surface area contributed by atoms with E-state index in [-0.39, 0.29) is 5.92 Å². The molecule has 4 nitrogen and oxygen atoms in total. The summed E-state index contributed by atoms with van der Waals surface area (Å²) in [7, 11) is 1.89. The number of carbonyl (C=O) groups is 1. The zero-order valence-corrected chi connectivity index (χ0v) is 10.3. The minimum absolute atomic E-state index is 0.0561. The summed E-state index contributed by atoms with van der Waals surface area (Å²) in [6, 6.07) is 7.36. The van der Waals surface area contributed by atoms with Crippen molar-refractivity contribution in [3.63, 3.8) is 0 Å². The highest BCUT2D eigenvalue weighted by atomic mass is 16.4. The van der Waals surface area contributed by atoms with Gasteiger partial charge in [0.25, 0.3) is 0 Å². The third kappa shape index (κ3) is 3.22. The molecule has 0 spiro atoms. The van der Waals surface area contributed by atoms with Gasteiger partial charge in [-0.3, -0.25) is 0 Å². The van der Waals surface area contributed by atoms with Crippen LogP contribution in [0.3, 0.4) is 0 Å². The van der Waals surface area contributed by atoms with Crippen LogP contribution in [0.2, 0.25) is 0 Å². The van der Waals surface area contributed by atoms with Crippen LogP contribution < -0.4 is 4.90 Å². The van der Waals surface area contributed by atoms with Gasteiger partial charge in [-0.1, -0.05) is 0 Å². The van der Waals surface area contributed by atoms with Gasteiger partial charge < -0.3 is 10.0 Å². The molecular weight excluding hydrogens is 216 g/mol. The number of aromatic carboxylic acids is 1. The largest absolute Gasteiger partial charge is 0.478 e. The van der Waals surface area contributed by atoms with Crippen molar-refractivity contribution < 1.29 is 9.90 Å². The molecule has 0 amide bonds.